The first-order valence-corrected chi connectivity index (χ1v) is 12.2. The molecule has 1 saturated heterocycles. The van der Waals surface area contributed by atoms with Gasteiger partial charge in [-0.3, -0.25) is 4.79 Å². The molecule has 0 aliphatic carbocycles. The third-order valence-electron chi connectivity index (χ3n) is 5.76. The molecule has 0 bridgehead atoms. The van der Waals surface area contributed by atoms with E-state index < -0.39 is 6.10 Å². The van der Waals surface area contributed by atoms with E-state index in [1.807, 2.05) is 35.7 Å². The fourth-order valence-corrected chi connectivity index (χ4v) is 4.71. The lowest BCUT2D eigenvalue weighted by atomic mass is 10.1. The van der Waals surface area contributed by atoms with Crippen molar-refractivity contribution in [1.82, 2.24) is 15.6 Å². The average Bonchev–Trinajstić information content (AvgIpc) is 3.48. The van der Waals surface area contributed by atoms with Gasteiger partial charge in [0.1, 0.15) is 11.6 Å². The molecule has 2 atom stereocenters. The number of carbonyl (C=O) groups is 1. The molecule has 1 amide bonds. The van der Waals surface area contributed by atoms with Gasteiger partial charge in [-0.2, -0.15) is 0 Å². The number of hydrogen-bond donors (Lipinski definition) is 3. The summed E-state index contributed by atoms with van der Waals surface area (Å²) >= 11 is 1.68. The zero-order chi connectivity index (χ0) is 22.2. The molecule has 0 saturated carbocycles. The number of aliphatic hydroxyl groups excluding tert-OH is 1. The summed E-state index contributed by atoms with van der Waals surface area (Å²) in [5.74, 6) is 0.385. The quantitative estimate of drug-likeness (QED) is 0.381. The van der Waals surface area contributed by atoms with Crippen molar-refractivity contribution in [2.75, 3.05) is 19.8 Å². The van der Waals surface area contributed by atoms with Gasteiger partial charge in [-0.15, -0.1) is 11.3 Å². The van der Waals surface area contributed by atoms with Crippen LogP contribution in [0.15, 0.2) is 46.2 Å². The molecule has 7 nitrogen and oxygen atoms in total. The van der Waals surface area contributed by atoms with E-state index in [-0.39, 0.29) is 11.9 Å². The molecule has 1 aliphatic rings. The number of oxazole rings is 1. The predicted octanol–water partition coefficient (Wildman–Crippen LogP) is 3.59. The average molecular weight is 458 g/mol. The first-order valence-electron chi connectivity index (χ1n) is 11.4. The number of rotatable bonds is 11. The van der Waals surface area contributed by atoms with Gasteiger partial charge in [-0.1, -0.05) is 18.2 Å². The molecule has 4 rings (SSSR count). The molecule has 0 spiro atoms. The highest BCUT2D eigenvalue weighted by Gasteiger charge is 2.24. The molecule has 32 heavy (non-hydrogen) atoms. The largest absolute Gasteiger partial charge is 0.438 e. The van der Waals surface area contributed by atoms with Crippen molar-refractivity contribution < 1.29 is 19.1 Å². The first-order chi connectivity index (χ1) is 15.7. The summed E-state index contributed by atoms with van der Waals surface area (Å²) in [6.07, 6.45) is 3.91. The number of para-hydroxylation sites is 2. The standard InChI is InChI=1S/C24H31N3O4S/c28-21(24-27-19-7-1-2-9-22(19)31-24)8-3-4-12-25-23(29)20(16-18-6-5-15-32-18)26-17-10-13-30-14-11-17/h1-2,5-7,9,15,17,20-21,26,28H,3-4,8,10-14,16H2,(H,25,29)/t20-,21-/m0/s1. The number of thiophene rings is 1. The summed E-state index contributed by atoms with van der Waals surface area (Å²) in [5.41, 5.74) is 1.44. The fourth-order valence-electron chi connectivity index (χ4n) is 3.96. The van der Waals surface area contributed by atoms with E-state index in [1.54, 1.807) is 11.3 Å². The third kappa shape index (κ3) is 6.38. The summed E-state index contributed by atoms with van der Waals surface area (Å²) in [5, 5.41) is 19.0. The number of unbranched alkanes of at least 4 members (excludes halogenated alkanes) is 1. The number of ether oxygens (including phenoxy) is 1. The Hall–Kier alpha value is -2.26. The smallest absolute Gasteiger partial charge is 0.237 e. The minimum atomic E-state index is -0.736. The maximum Gasteiger partial charge on any atom is 0.237 e. The van der Waals surface area contributed by atoms with E-state index in [0.29, 0.717) is 36.9 Å². The van der Waals surface area contributed by atoms with Gasteiger partial charge in [0, 0.05) is 37.1 Å². The summed E-state index contributed by atoms with van der Waals surface area (Å²) in [6, 6.07) is 11.6. The Morgan fingerprint density at radius 3 is 2.81 bits per heavy atom. The minimum Gasteiger partial charge on any atom is -0.438 e. The number of fused-ring (bicyclic) bond motifs is 1. The van der Waals surface area contributed by atoms with Crippen molar-refractivity contribution in [2.24, 2.45) is 0 Å². The minimum absolute atomic E-state index is 0.0318. The van der Waals surface area contributed by atoms with Crippen LogP contribution in [-0.4, -0.2) is 47.8 Å². The Kier molecular flexibility index (Phi) is 8.28. The van der Waals surface area contributed by atoms with Crippen molar-refractivity contribution in [3.63, 3.8) is 0 Å². The van der Waals surface area contributed by atoms with Crippen LogP contribution >= 0.6 is 11.3 Å². The van der Waals surface area contributed by atoms with Gasteiger partial charge in [-0.05, 0) is 55.7 Å². The van der Waals surface area contributed by atoms with E-state index in [9.17, 15) is 9.90 Å². The number of nitrogens with zero attached hydrogens (tertiary/aromatic N) is 1. The van der Waals surface area contributed by atoms with Crippen LogP contribution < -0.4 is 10.6 Å². The second-order valence-electron chi connectivity index (χ2n) is 8.21. The molecule has 1 aliphatic heterocycles. The molecule has 0 radical (unpaired) electrons. The molecule has 3 heterocycles. The van der Waals surface area contributed by atoms with Crippen molar-refractivity contribution >= 4 is 28.3 Å². The van der Waals surface area contributed by atoms with Crippen LogP contribution in [0.25, 0.3) is 11.1 Å². The van der Waals surface area contributed by atoms with E-state index in [0.717, 1.165) is 44.4 Å². The second kappa shape index (κ2) is 11.6. The summed E-state index contributed by atoms with van der Waals surface area (Å²) in [7, 11) is 0. The van der Waals surface area contributed by atoms with E-state index in [2.05, 4.69) is 21.7 Å². The number of carbonyl (C=O) groups excluding carboxylic acids is 1. The van der Waals surface area contributed by atoms with Gasteiger partial charge in [0.05, 0.1) is 6.04 Å². The first kappa shape index (κ1) is 22.9. The molecule has 1 aromatic carbocycles. The van der Waals surface area contributed by atoms with Crippen LogP contribution in [0.3, 0.4) is 0 Å². The SMILES string of the molecule is O=C(NCCCC[C@H](O)c1nc2ccccc2o1)[C@H](Cc1cccs1)NC1CCOCC1. The number of aliphatic hydroxyl groups is 1. The molecule has 2 aromatic heterocycles. The van der Waals surface area contributed by atoms with E-state index >= 15 is 0 Å². The molecular formula is C24H31N3O4S. The number of amides is 1. The number of benzene rings is 1. The highest BCUT2D eigenvalue weighted by molar-refractivity contribution is 7.09. The maximum atomic E-state index is 12.9. The van der Waals surface area contributed by atoms with Crippen LogP contribution in [0.5, 0.6) is 0 Å². The molecule has 1 fully saturated rings. The summed E-state index contributed by atoms with van der Waals surface area (Å²) in [6.45, 7) is 2.07. The van der Waals surface area contributed by atoms with Crippen molar-refractivity contribution in [1.29, 1.82) is 0 Å². The van der Waals surface area contributed by atoms with Crippen LogP contribution in [0.4, 0.5) is 0 Å². The predicted molar refractivity (Wildman–Crippen MR) is 125 cm³/mol. The van der Waals surface area contributed by atoms with Crippen molar-refractivity contribution in [3.8, 4) is 0 Å². The number of hydrogen-bond acceptors (Lipinski definition) is 7. The van der Waals surface area contributed by atoms with E-state index in [1.165, 1.54) is 4.88 Å². The van der Waals surface area contributed by atoms with Gasteiger partial charge in [0.2, 0.25) is 11.8 Å². The van der Waals surface area contributed by atoms with Crippen LogP contribution in [0, 0.1) is 0 Å². The number of aromatic nitrogens is 1. The lowest BCUT2D eigenvalue weighted by molar-refractivity contribution is -0.123. The Morgan fingerprint density at radius 1 is 1.19 bits per heavy atom. The lowest BCUT2D eigenvalue weighted by Gasteiger charge is -2.28. The monoisotopic (exact) mass is 457 g/mol. The van der Waals surface area contributed by atoms with E-state index in [4.69, 9.17) is 9.15 Å². The van der Waals surface area contributed by atoms with Gasteiger partial charge >= 0.3 is 0 Å². The molecular weight excluding hydrogens is 426 g/mol. The topological polar surface area (TPSA) is 96.6 Å². The molecule has 0 unspecified atom stereocenters. The van der Waals surface area contributed by atoms with Crippen LogP contribution in [0.1, 0.15) is 49.0 Å². The van der Waals surface area contributed by atoms with Gasteiger partial charge < -0.3 is 24.9 Å². The highest BCUT2D eigenvalue weighted by atomic mass is 32.1. The normalized spacial score (nSPS) is 16.8. The van der Waals surface area contributed by atoms with Gasteiger partial charge in [0.15, 0.2) is 5.58 Å². The Morgan fingerprint density at radius 2 is 2.03 bits per heavy atom. The summed E-state index contributed by atoms with van der Waals surface area (Å²) in [4.78, 5) is 18.4. The highest BCUT2D eigenvalue weighted by Crippen LogP contribution is 2.23. The Balaban J connectivity index is 1.21. The zero-order valence-corrected chi connectivity index (χ0v) is 19.0. The molecule has 3 N–H and O–H groups in total. The second-order valence-corrected chi connectivity index (χ2v) is 9.24. The van der Waals surface area contributed by atoms with Crippen LogP contribution in [-0.2, 0) is 16.0 Å². The van der Waals surface area contributed by atoms with Gasteiger partial charge in [0.25, 0.3) is 0 Å². The number of nitrogens with one attached hydrogen (secondary N) is 2. The lowest BCUT2D eigenvalue weighted by Crippen LogP contribution is -2.51. The van der Waals surface area contributed by atoms with Crippen molar-refractivity contribution in [2.45, 2.75) is 56.7 Å². The zero-order valence-electron chi connectivity index (χ0n) is 18.2. The van der Waals surface area contributed by atoms with Gasteiger partial charge in [-0.25, -0.2) is 4.98 Å². The maximum absolute atomic E-state index is 12.9. The summed E-state index contributed by atoms with van der Waals surface area (Å²) < 4.78 is 11.1. The van der Waals surface area contributed by atoms with Crippen molar-refractivity contribution in [3.05, 3.63) is 52.5 Å². The third-order valence-corrected chi connectivity index (χ3v) is 6.66. The molecule has 8 heteroatoms. The molecule has 172 valence electrons. The molecule has 3 aromatic rings. The van der Waals surface area contributed by atoms with Crippen LogP contribution in [0.2, 0.25) is 0 Å². The fraction of sp³-hybridized carbons (Fsp3) is 0.500. The Labute approximate surface area is 192 Å². The Bertz CT molecular complexity index is 936.